The van der Waals surface area contributed by atoms with Gasteiger partial charge in [0, 0.05) is 18.6 Å². The summed E-state index contributed by atoms with van der Waals surface area (Å²) in [6, 6.07) is 10.0. The van der Waals surface area contributed by atoms with Gasteiger partial charge in [-0.1, -0.05) is 31.2 Å². The molecule has 1 saturated carbocycles. The second kappa shape index (κ2) is 6.18. The molecule has 0 aliphatic heterocycles. The molecule has 1 aliphatic carbocycles. The summed E-state index contributed by atoms with van der Waals surface area (Å²) in [6.45, 7) is 3.18. The molecule has 0 saturated heterocycles. The van der Waals surface area contributed by atoms with E-state index in [2.05, 4.69) is 36.5 Å². The number of nitrogens with two attached hydrogens (primary N) is 1. The Labute approximate surface area is 105 Å². The first-order chi connectivity index (χ1) is 8.28. The Morgan fingerprint density at radius 1 is 1.06 bits per heavy atom. The van der Waals surface area contributed by atoms with Crippen molar-refractivity contribution in [2.75, 3.05) is 0 Å². The van der Waals surface area contributed by atoms with Crippen molar-refractivity contribution in [2.45, 2.75) is 57.7 Å². The van der Waals surface area contributed by atoms with Gasteiger partial charge in [0.05, 0.1) is 0 Å². The van der Waals surface area contributed by atoms with Gasteiger partial charge < -0.3 is 11.1 Å². The van der Waals surface area contributed by atoms with Crippen molar-refractivity contribution >= 4 is 0 Å². The average Bonchev–Trinajstić information content (AvgIpc) is 2.39. The first kappa shape index (κ1) is 12.6. The van der Waals surface area contributed by atoms with Crippen LogP contribution >= 0.6 is 0 Å². The normalized spacial score (nSPS) is 24.8. The fourth-order valence-corrected chi connectivity index (χ4v) is 2.48. The third-order valence-electron chi connectivity index (χ3n) is 3.80. The van der Waals surface area contributed by atoms with Crippen molar-refractivity contribution in [3.8, 4) is 0 Å². The molecule has 2 heteroatoms. The minimum atomic E-state index is 0.442. The third-order valence-corrected chi connectivity index (χ3v) is 3.80. The van der Waals surface area contributed by atoms with Crippen molar-refractivity contribution in [1.29, 1.82) is 0 Å². The first-order valence-corrected chi connectivity index (χ1v) is 6.84. The summed E-state index contributed by atoms with van der Waals surface area (Å²) >= 11 is 0. The van der Waals surface area contributed by atoms with Crippen LogP contribution in [0.25, 0.3) is 0 Å². The van der Waals surface area contributed by atoms with Gasteiger partial charge in [-0.3, -0.25) is 0 Å². The number of nitrogens with one attached hydrogen (secondary N) is 1. The highest BCUT2D eigenvalue weighted by molar-refractivity contribution is 5.22. The predicted molar refractivity (Wildman–Crippen MR) is 72.9 cm³/mol. The smallest absolute Gasteiger partial charge is 0.0208 e. The van der Waals surface area contributed by atoms with Gasteiger partial charge in [0.1, 0.15) is 0 Å². The number of benzene rings is 1. The minimum absolute atomic E-state index is 0.442. The largest absolute Gasteiger partial charge is 0.328 e. The molecule has 0 amide bonds. The molecule has 17 heavy (non-hydrogen) atoms. The van der Waals surface area contributed by atoms with E-state index < -0.39 is 0 Å². The van der Waals surface area contributed by atoms with Crippen molar-refractivity contribution in [3.63, 3.8) is 0 Å². The fraction of sp³-hybridized carbons (Fsp3) is 0.600. The number of aryl methyl sites for hydroxylation is 1. The van der Waals surface area contributed by atoms with E-state index >= 15 is 0 Å². The maximum Gasteiger partial charge on any atom is 0.0208 e. The van der Waals surface area contributed by atoms with Crippen LogP contribution in [0, 0.1) is 0 Å². The molecule has 0 radical (unpaired) electrons. The molecule has 94 valence electrons. The average molecular weight is 232 g/mol. The van der Waals surface area contributed by atoms with E-state index in [1.165, 1.54) is 36.8 Å². The van der Waals surface area contributed by atoms with Crippen molar-refractivity contribution in [3.05, 3.63) is 35.4 Å². The topological polar surface area (TPSA) is 38.0 Å². The first-order valence-electron chi connectivity index (χ1n) is 6.84. The zero-order valence-corrected chi connectivity index (χ0v) is 10.8. The van der Waals surface area contributed by atoms with Gasteiger partial charge in [-0.25, -0.2) is 0 Å². The molecular formula is C15H24N2. The zero-order valence-electron chi connectivity index (χ0n) is 10.8. The summed E-state index contributed by atoms with van der Waals surface area (Å²) in [7, 11) is 0. The molecule has 2 nitrogen and oxygen atoms in total. The van der Waals surface area contributed by atoms with Crippen LogP contribution in [0.3, 0.4) is 0 Å². The maximum absolute atomic E-state index is 5.91. The van der Waals surface area contributed by atoms with Crippen LogP contribution in [-0.4, -0.2) is 12.1 Å². The molecule has 1 aromatic rings. The molecule has 3 N–H and O–H groups in total. The Hall–Kier alpha value is -0.860. The maximum atomic E-state index is 5.91. The van der Waals surface area contributed by atoms with E-state index in [4.69, 9.17) is 5.73 Å². The SMILES string of the molecule is CCc1ccc(CNC2CCC(N)CC2)cc1. The Bertz CT molecular complexity index is 323. The van der Waals surface area contributed by atoms with Gasteiger partial charge in [-0.2, -0.15) is 0 Å². The van der Waals surface area contributed by atoms with Crippen LogP contribution in [0.4, 0.5) is 0 Å². The van der Waals surface area contributed by atoms with Crippen molar-refractivity contribution in [2.24, 2.45) is 5.73 Å². The molecular weight excluding hydrogens is 208 g/mol. The minimum Gasteiger partial charge on any atom is -0.328 e. The van der Waals surface area contributed by atoms with Crippen molar-refractivity contribution < 1.29 is 0 Å². The lowest BCUT2D eigenvalue weighted by molar-refractivity contribution is 0.342. The Kier molecular flexibility index (Phi) is 4.57. The Morgan fingerprint density at radius 3 is 2.24 bits per heavy atom. The molecule has 0 atom stereocenters. The van der Waals surface area contributed by atoms with E-state index in [1.807, 2.05) is 0 Å². The molecule has 0 unspecified atom stereocenters. The lowest BCUT2D eigenvalue weighted by Crippen LogP contribution is -2.37. The Morgan fingerprint density at radius 2 is 1.65 bits per heavy atom. The summed E-state index contributed by atoms with van der Waals surface area (Å²) in [6.07, 6.45) is 5.93. The van der Waals surface area contributed by atoms with Crippen molar-refractivity contribution in [1.82, 2.24) is 5.32 Å². The van der Waals surface area contributed by atoms with E-state index in [0.29, 0.717) is 12.1 Å². The summed E-state index contributed by atoms with van der Waals surface area (Å²) in [5, 5.41) is 3.64. The number of hydrogen-bond donors (Lipinski definition) is 2. The van der Waals surface area contributed by atoms with Crippen LogP contribution in [0.5, 0.6) is 0 Å². The lowest BCUT2D eigenvalue weighted by Gasteiger charge is -2.27. The number of hydrogen-bond acceptors (Lipinski definition) is 2. The molecule has 0 spiro atoms. The second-order valence-electron chi connectivity index (χ2n) is 5.16. The van der Waals surface area contributed by atoms with Gasteiger partial charge in [0.15, 0.2) is 0 Å². The Balaban J connectivity index is 1.77. The van der Waals surface area contributed by atoms with Gasteiger partial charge in [0.25, 0.3) is 0 Å². The summed E-state index contributed by atoms with van der Waals surface area (Å²) in [4.78, 5) is 0. The van der Waals surface area contributed by atoms with Gasteiger partial charge in [0.2, 0.25) is 0 Å². The highest BCUT2D eigenvalue weighted by Gasteiger charge is 2.17. The quantitative estimate of drug-likeness (QED) is 0.837. The standard InChI is InChI=1S/C15H24N2/c1-2-12-3-5-13(6-4-12)11-17-15-9-7-14(16)8-10-15/h3-6,14-15,17H,2,7-11,16H2,1H3. The highest BCUT2D eigenvalue weighted by atomic mass is 14.9. The van der Waals surface area contributed by atoms with E-state index in [0.717, 1.165) is 13.0 Å². The second-order valence-corrected chi connectivity index (χ2v) is 5.16. The summed E-state index contributed by atoms with van der Waals surface area (Å²) in [5.41, 5.74) is 8.71. The molecule has 0 heterocycles. The lowest BCUT2D eigenvalue weighted by atomic mass is 9.92. The zero-order chi connectivity index (χ0) is 12.1. The van der Waals surface area contributed by atoms with E-state index in [-0.39, 0.29) is 0 Å². The van der Waals surface area contributed by atoms with Gasteiger partial charge in [-0.05, 0) is 43.2 Å². The monoisotopic (exact) mass is 232 g/mol. The molecule has 0 aromatic heterocycles. The number of rotatable bonds is 4. The molecule has 0 bridgehead atoms. The van der Waals surface area contributed by atoms with Crippen LogP contribution < -0.4 is 11.1 Å². The molecule has 1 aromatic carbocycles. The third kappa shape index (κ3) is 3.83. The fourth-order valence-electron chi connectivity index (χ4n) is 2.48. The van der Waals surface area contributed by atoms with Crippen LogP contribution in [0.2, 0.25) is 0 Å². The predicted octanol–water partition coefficient (Wildman–Crippen LogP) is 2.61. The van der Waals surface area contributed by atoms with Crippen LogP contribution in [0.1, 0.15) is 43.7 Å². The van der Waals surface area contributed by atoms with E-state index in [9.17, 15) is 0 Å². The van der Waals surface area contributed by atoms with Crippen LogP contribution in [0.15, 0.2) is 24.3 Å². The van der Waals surface area contributed by atoms with Gasteiger partial charge in [-0.15, -0.1) is 0 Å². The molecule has 1 fully saturated rings. The summed E-state index contributed by atoms with van der Waals surface area (Å²) < 4.78 is 0. The molecule has 1 aliphatic rings. The van der Waals surface area contributed by atoms with E-state index in [1.54, 1.807) is 0 Å². The van der Waals surface area contributed by atoms with Crippen LogP contribution in [-0.2, 0) is 13.0 Å². The molecule has 2 rings (SSSR count). The highest BCUT2D eigenvalue weighted by Crippen LogP contribution is 2.17. The summed E-state index contributed by atoms with van der Waals surface area (Å²) in [5.74, 6) is 0. The van der Waals surface area contributed by atoms with Gasteiger partial charge >= 0.3 is 0 Å².